The first kappa shape index (κ1) is 21.4. The summed E-state index contributed by atoms with van der Waals surface area (Å²) in [6.45, 7) is 0.287. The monoisotopic (exact) mass is 447 g/mol. The zero-order valence-corrected chi connectivity index (χ0v) is 16.5. The zero-order chi connectivity index (χ0) is 21.2. The quantitative estimate of drug-likeness (QED) is 0.373. The molecule has 0 atom stereocenters. The molecule has 1 amide bonds. The van der Waals surface area contributed by atoms with Crippen molar-refractivity contribution >= 4 is 44.6 Å². The maximum absolute atomic E-state index is 13.4. The lowest BCUT2D eigenvalue weighted by molar-refractivity contribution is -0.137. The van der Waals surface area contributed by atoms with E-state index in [1.165, 1.54) is 25.3 Å². The predicted octanol–water partition coefficient (Wildman–Crippen LogP) is 5.99. The van der Waals surface area contributed by atoms with Crippen LogP contribution in [0.4, 0.5) is 23.2 Å². The van der Waals surface area contributed by atoms with Crippen LogP contribution >= 0.6 is 22.9 Å². The summed E-state index contributed by atoms with van der Waals surface area (Å²) in [4.78, 5) is 12.7. The second-order valence-corrected chi connectivity index (χ2v) is 7.32. The van der Waals surface area contributed by atoms with Crippen molar-refractivity contribution < 1.29 is 31.8 Å². The molecule has 1 heterocycles. The number of nitrogens with one attached hydrogen (secondary N) is 1. The zero-order valence-electron chi connectivity index (χ0n) is 14.9. The second kappa shape index (κ2) is 8.56. The number of hydrogen-bond donors (Lipinski definition) is 1. The van der Waals surface area contributed by atoms with Crippen molar-refractivity contribution in [2.45, 2.75) is 6.18 Å². The highest BCUT2D eigenvalue weighted by molar-refractivity contribution is 7.21. The second-order valence-electron chi connectivity index (χ2n) is 5.89. The van der Waals surface area contributed by atoms with Crippen molar-refractivity contribution in [2.75, 3.05) is 25.6 Å². The van der Waals surface area contributed by atoms with Gasteiger partial charge in [-0.1, -0.05) is 11.6 Å². The van der Waals surface area contributed by atoms with E-state index >= 15 is 0 Å². The van der Waals surface area contributed by atoms with Crippen molar-refractivity contribution in [3.05, 3.63) is 57.7 Å². The van der Waals surface area contributed by atoms with Crippen LogP contribution in [-0.4, -0.2) is 26.2 Å². The van der Waals surface area contributed by atoms with Gasteiger partial charge in [0.2, 0.25) is 0 Å². The Labute approximate surface area is 172 Å². The van der Waals surface area contributed by atoms with Crippen molar-refractivity contribution in [3.63, 3.8) is 0 Å². The Kier molecular flexibility index (Phi) is 6.30. The van der Waals surface area contributed by atoms with Crippen LogP contribution in [0, 0.1) is 5.82 Å². The number of thiophene rings is 1. The number of ether oxygens (including phenoxy) is 2. The van der Waals surface area contributed by atoms with Crippen molar-refractivity contribution in [2.24, 2.45) is 0 Å². The largest absolute Gasteiger partial charge is 0.489 e. The summed E-state index contributed by atoms with van der Waals surface area (Å²) in [5.74, 6) is -1.17. The number of carbonyl (C=O) groups excluding carboxylic acids is 1. The minimum absolute atomic E-state index is 0.0479. The lowest BCUT2D eigenvalue weighted by Crippen LogP contribution is -2.14. The first-order chi connectivity index (χ1) is 13.7. The Morgan fingerprint density at radius 3 is 2.62 bits per heavy atom. The van der Waals surface area contributed by atoms with Gasteiger partial charge in [0, 0.05) is 17.2 Å². The predicted molar refractivity (Wildman–Crippen MR) is 104 cm³/mol. The van der Waals surface area contributed by atoms with E-state index in [-0.39, 0.29) is 34.6 Å². The molecule has 154 valence electrons. The molecule has 3 rings (SSSR count). The van der Waals surface area contributed by atoms with Gasteiger partial charge in [-0.15, -0.1) is 11.3 Å². The Balaban J connectivity index is 1.94. The van der Waals surface area contributed by atoms with Crippen LogP contribution < -0.4 is 10.1 Å². The van der Waals surface area contributed by atoms with Gasteiger partial charge in [-0.25, -0.2) is 4.39 Å². The molecule has 0 aliphatic carbocycles. The summed E-state index contributed by atoms with van der Waals surface area (Å²) in [7, 11) is 1.45. The van der Waals surface area contributed by atoms with Crippen molar-refractivity contribution in [1.29, 1.82) is 0 Å². The van der Waals surface area contributed by atoms with E-state index in [0.29, 0.717) is 10.1 Å². The van der Waals surface area contributed by atoms with Crippen molar-refractivity contribution in [1.82, 2.24) is 0 Å². The molecule has 0 saturated carbocycles. The number of hydrogen-bond acceptors (Lipinski definition) is 4. The maximum atomic E-state index is 13.4. The number of fused-ring (bicyclic) bond motifs is 1. The van der Waals surface area contributed by atoms with E-state index < -0.39 is 23.5 Å². The van der Waals surface area contributed by atoms with Crippen LogP contribution in [0.25, 0.3) is 10.1 Å². The molecular weight excluding hydrogens is 434 g/mol. The molecule has 3 aromatic rings. The van der Waals surface area contributed by atoms with Crippen LogP contribution in [0.3, 0.4) is 0 Å². The normalized spacial score (nSPS) is 11.7. The van der Waals surface area contributed by atoms with Gasteiger partial charge in [-0.3, -0.25) is 4.79 Å². The summed E-state index contributed by atoms with van der Waals surface area (Å²) in [6.07, 6.45) is -4.60. The first-order valence-electron chi connectivity index (χ1n) is 8.22. The van der Waals surface area contributed by atoms with Gasteiger partial charge in [0.15, 0.2) is 0 Å². The highest BCUT2D eigenvalue weighted by Crippen LogP contribution is 2.38. The molecule has 0 aliphatic rings. The van der Waals surface area contributed by atoms with Gasteiger partial charge >= 0.3 is 6.18 Å². The lowest BCUT2D eigenvalue weighted by atomic mass is 10.1. The summed E-state index contributed by atoms with van der Waals surface area (Å²) >= 11 is 7.15. The van der Waals surface area contributed by atoms with Crippen LogP contribution in [0.1, 0.15) is 15.2 Å². The summed E-state index contributed by atoms with van der Waals surface area (Å²) in [6, 6.07) is 6.62. The molecular formula is C19H14ClF4NO3S. The van der Waals surface area contributed by atoms with Gasteiger partial charge in [-0.05, 0) is 36.4 Å². The van der Waals surface area contributed by atoms with Crippen LogP contribution in [0.2, 0.25) is 5.02 Å². The average Bonchev–Trinajstić information content (AvgIpc) is 2.98. The molecule has 0 bridgehead atoms. The number of carbonyl (C=O) groups is 1. The summed E-state index contributed by atoms with van der Waals surface area (Å²) < 4.78 is 63.3. The number of benzene rings is 2. The maximum Gasteiger partial charge on any atom is 0.416 e. The third-order valence-electron chi connectivity index (χ3n) is 3.90. The summed E-state index contributed by atoms with van der Waals surface area (Å²) in [5, 5.41) is 2.98. The number of halogens is 5. The Morgan fingerprint density at radius 1 is 1.17 bits per heavy atom. The third kappa shape index (κ3) is 4.80. The van der Waals surface area contributed by atoms with Gasteiger partial charge < -0.3 is 14.8 Å². The molecule has 0 aliphatic heterocycles. The molecule has 4 nitrogen and oxygen atoms in total. The molecule has 1 N–H and O–H groups in total. The van der Waals surface area contributed by atoms with Crippen LogP contribution in [0.15, 0.2) is 36.4 Å². The Bertz CT molecular complexity index is 1050. The van der Waals surface area contributed by atoms with E-state index in [9.17, 15) is 22.4 Å². The fraction of sp³-hybridized carbons (Fsp3) is 0.211. The van der Waals surface area contributed by atoms with E-state index in [1.54, 1.807) is 0 Å². The third-order valence-corrected chi connectivity index (χ3v) is 5.55. The molecule has 0 unspecified atom stereocenters. The molecule has 0 spiro atoms. The smallest absolute Gasteiger partial charge is 0.416 e. The number of rotatable bonds is 6. The Morgan fingerprint density at radius 2 is 1.93 bits per heavy atom. The van der Waals surface area contributed by atoms with Gasteiger partial charge in [0.1, 0.15) is 23.1 Å². The van der Waals surface area contributed by atoms with Crippen LogP contribution in [-0.2, 0) is 10.9 Å². The molecule has 2 aromatic carbocycles. The first-order valence-corrected chi connectivity index (χ1v) is 9.42. The Hall–Kier alpha value is -2.36. The highest BCUT2D eigenvalue weighted by atomic mass is 35.5. The molecule has 0 fully saturated rings. The molecule has 1 aromatic heterocycles. The summed E-state index contributed by atoms with van der Waals surface area (Å²) in [5.41, 5.74) is -1.11. The van der Waals surface area contributed by atoms with Gasteiger partial charge in [-0.2, -0.15) is 13.2 Å². The molecule has 29 heavy (non-hydrogen) atoms. The topological polar surface area (TPSA) is 47.6 Å². The average molecular weight is 448 g/mol. The number of amides is 1. The van der Waals surface area contributed by atoms with Gasteiger partial charge in [0.05, 0.1) is 22.9 Å². The lowest BCUT2D eigenvalue weighted by Gasteiger charge is -2.15. The number of methoxy groups -OCH3 is 1. The van der Waals surface area contributed by atoms with Crippen LogP contribution in [0.5, 0.6) is 5.75 Å². The van der Waals surface area contributed by atoms with E-state index in [4.69, 9.17) is 21.1 Å². The van der Waals surface area contributed by atoms with Gasteiger partial charge in [0.25, 0.3) is 5.91 Å². The number of alkyl halides is 3. The van der Waals surface area contributed by atoms with E-state index in [0.717, 1.165) is 29.5 Å². The fourth-order valence-corrected chi connectivity index (χ4v) is 3.97. The SMILES string of the molecule is COCCOc1ccc(C(F)(F)F)cc1NC(=O)c1sc2cc(F)ccc2c1Cl. The van der Waals surface area contributed by atoms with Crippen molar-refractivity contribution in [3.8, 4) is 5.75 Å². The minimum Gasteiger partial charge on any atom is -0.489 e. The molecule has 0 radical (unpaired) electrons. The minimum atomic E-state index is -4.60. The van der Waals surface area contributed by atoms with E-state index in [1.807, 2.05) is 0 Å². The molecule has 10 heteroatoms. The molecule has 0 saturated heterocycles. The highest BCUT2D eigenvalue weighted by Gasteiger charge is 2.31. The standard InChI is InChI=1S/C19H14ClF4NO3S/c1-27-6-7-28-14-5-2-10(19(22,23)24)8-13(14)25-18(26)17-16(20)12-4-3-11(21)9-15(12)29-17/h2-5,8-9H,6-7H2,1H3,(H,25,26). The van der Waals surface area contributed by atoms with E-state index in [2.05, 4.69) is 5.32 Å². The fourth-order valence-electron chi connectivity index (χ4n) is 2.53. The number of anilines is 1.